The van der Waals surface area contributed by atoms with Gasteiger partial charge < -0.3 is 5.73 Å². The standard InChI is InChI=1S/C16H16F3N/c1-8-4-9(2)15(10(3)5-8)16(20)11-6-13(18)14(19)7-12(11)17/h4-7,16H,20H2,1-3H3. The lowest BCUT2D eigenvalue weighted by Gasteiger charge is -2.19. The highest BCUT2D eigenvalue weighted by molar-refractivity contribution is 5.44. The molecular weight excluding hydrogens is 263 g/mol. The first-order valence-corrected chi connectivity index (χ1v) is 6.29. The number of nitrogens with two attached hydrogens (primary N) is 1. The van der Waals surface area contributed by atoms with Crippen LogP contribution in [0.2, 0.25) is 0 Å². The third-order valence-corrected chi connectivity index (χ3v) is 3.42. The minimum absolute atomic E-state index is 0.0426. The summed E-state index contributed by atoms with van der Waals surface area (Å²) in [5.74, 6) is -3.15. The summed E-state index contributed by atoms with van der Waals surface area (Å²) in [4.78, 5) is 0. The molecule has 0 saturated carbocycles. The average molecular weight is 279 g/mol. The molecule has 0 aliphatic carbocycles. The first-order valence-electron chi connectivity index (χ1n) is 6.29. The molecule has 2 aromatic rings. The number of halogens is 3. The molecule has 0 aromatic heterocycles. The van der Waals surface area contributed by atoms with Crippen molar-refractivity contribution >= 4 is 0 Å². The predicted octanol–water partition coefficient (Wildman–Crippen LogP) is 4.08. The molecule has 0 saturated heterocycles. The molecule has 4 heteroatoms. The fourth-order valence-electron chi connectivity index (χ4n) is 2.61. The van der Waals surface area contributed by atoms with E-state index in [1.807, 2.05) is 32.9 Å². The lowest BCUT2D eigenvalue weighted by Crippen LogP contribution is -2.17. The highest BCUT2D eigenvalue weighted by Crippen LogP contribution is 2.29. The molecule has 0 aliphatic rings. The maximum Gasteiger partial charge on any atom is 0.161 e. The Balaban J connectivity index is 2.57. The second-order valence-electron chi connectivity index (χ2n) is 5.08. The number of hydrogen-bond donors (Lipinski definition) is 1. The van der Waals surface area contributed by atoms with Crippen LogP contribution in [0.4, 0.5) is 13.2 Å². The van der Waals surface area contributed by atoms with Crippen molar-refractivity contribution in [3.63, 3.8) is 0 Å². The van der Waals surface area contributed by atoms with E-state index in [1.165, 1.54) is 0 Å². The van der Waals surface area contributed by atoms with Gasteiger partial charge in [0.15, 0.2) is 11.6 Å². The van der Waals surface area contributed by atoms with Gasteiger partial charge >= 0.3 is 0 Å². The molecule has 2 rings (SSSR count). The van der Waals surface area contributed by atoms with E-state index >= 15 is 0 Å². The van der Waals surface area contributed by atoms with Crippen LogP contribution in [-0.4, -0.2) is 0 Å². The zero-order chi connectivity index (χ0) is 15.0. The molecule has 0 aliphatic heterocycles. The van der Waals surface area contributed by atoms with Crippen molar-refractivity contribution in [1.29, 1.82) is 0 Å². The molecule has 0 radical (unpaired) electrons. The monoisotopic (exact) mass is 279 g/mol. The quantitative estimate of drug-likeness (QED) is 0.824. The van der Waals surface area contributed by atoms with Gasteiger partial charge in [0, 0.05) is 11.6 Å². The van der Waals surface area contributed by atoms with Gasteiger partial charge in [0.05, 0.1) is 6.04 Å². The lowest BCUT2D eigenvalue weighted by atomic mass is 9.90. The van der Waals surface area contributed by atoms with Crippen molar-refractivity contribution in [2.24, 2.45) is 5.73 Å². The van der Waals surface area contributed by atoms with Crippen LogP contribution < -0.4 is 5.73 Å². The SMILES string of the molecule is Cc1cc(C)c(C(N)c2cc(F)c(F)cc2F)c(C)c1. The van der Waals surface area contributed by atoms with Gasteiger partial charge in [-0.2, -0.15) is 0 Å². The molecule has 106 valence electrons. The molecule has 1 atom stereocenters. The van der Waals surface area contributed by atoms with Crippen LogP contribution in [0.25, 0.3) is 0 Å². The van der Waals surface area contributed by atoms with Crippen molar-refractivity contribution in [2.75, 3.05) is 0 Å². The zero-order valence-electron chi connectivity index (χ0n) is 11.6. The Hall–Kier alpha value is -1.81. The fourth-order valence-corrected chi connectivity index (χ4v) is 2.61. The topological polar surface area (TPSA) is 26.0 Å². The van der Waals surface area contributed by atoms with E-state index in [9.17, 15) is 13.2 Å². The average Bonchev–Trinajstić information content (AvgIpc) is 2.32. The molecule has 0 spiro atoms. The van der Waals surface area contributed by atoms with Gasteiger partial charge in [0.1, 0.15) is 5.82 Å². The summed E-state index contributed by atoms with van der Waals surface area (Å²) < 4.78 is 40.1. The van der Waals surface area contributed by atoms with Crippen LogP contribution >= 0.6 is 0 Å². The third kappa shape index (κ3) is 2.56. The smallest absolute Gasteiger partial charge is 0.161 e. The molecule has 20 heavy (non-hydrogen) atoms. The summed E-state index contributed by atoms with van der Waals surface area (Å²) in [6, 6.07) is 4.39. The molecule has 0 heterocycles. The molecule has 0 amide bonds. The Morgan fingerprint density at radius 1 is 0.800 bits per heavy atom. The normalized spacial score (nSPS) is 12.6. The van der Waals surface area contributed by atoms with Gasteiger partial charge in [-0.3, -0.25) is 0 Å². The second kappa shape index (κ2) is 5.29. The predicted molar refractivity (Wildman–Crippen MR) is 73.0 cm³/mol. The van der Waals surface area contributed by atoms with Crippen molar-refractivity contribution in [3.05, 3.63) is 69.5 Å². The summed E-state index contributed by atoms with van der Waals surface area (Å²) in [6.45, 7) is 5.69. The second-order valence-corrected chi connectivity index (χ2v) is 5.08. The molecule has 0 bridgehead atoms. The van der Waals surface area contributed by atoms with Crippen molar-refractivity contribution < 1.29 is 13.2 Å². The minimum Gasteiger partial charge on any atom is -0.320 e. The molecule has 0 fully saturated rings. The van der Waals surface area contributed by atoms with Crippen LogP contribution in [0.5, 0.6) is 0 Å². The Bertz CT molecular complexity index is 642. The van der Waals surface area contributed by atoms with E-state index in [4.69, 9.17) is 5.73 Å². The van der Waals surface area contributed by atoms with E-state index in [1.54, 1.807) is 0 Å². The van der Waals surface area contributed by atoms with Crippen LogP contribution in [-0.2, 0) is 0 Å². The molecule has 2 aromatic carbocycles. The van der Waals surface area contributed by atoms with E-state index in [-0.39, 0.29) is 5.56 Å². The summed E-state index contributed by atoms with van der Waals surface area (Å²) in [7, 11) is 0. The molecule has 1 nitrogen and oxygen atoms in total. The van der Waals surface area contributed by atoms with Gasteiger partial charge in [-0.05, 0) is 43.5 Å². The Labute approximate surface area is 116 Å². The number of benzene rings is 2. The van der Waals surface area contributed by atoms with Crippen LogP contribution in [0.1, 0.15) is 33.9 Å². The first-order chi connectivity index (χ1) is 9.31. The van der Waals surface area contributed by atoms with E-state index in [2.05, 4.69) is 0 Å². The molecule has 2 N–H and O–H groups in total. The summed E-state index contributed by atoms with van der Waals surface area (Å²) in [5, 5.41) is 0. The van der Waals surface area contributed by atoms with Gasteiger partial charge in [-0.15, -0.1) is 0 Å². The highest BCUT2D eigenvalue weighted by Gasteiger charge is 2.20. The van der Waals surface area contributed by atoms with Crippen LogP contribution in [0.15, 0.2) is 24.3 Å². The molecule has 1 unspecified atom stereocenters. The van der Waals surface area contributed by atoms with Gasteiger partial charge in [-0.25, -0.2) is 13.2 Å². The van der Waals surface area contributed by atoms with Crippen LogP contribution in [0.3, 0.4) is 0 Å². The Morgan fingerprint density at radius 3 is 1.85 bits per heavy atom. The lowest BCUT2D eigenvalue weighted by molar-refractivity contribution is 0.487. The zero-order valence-corrected chi connectivity index (χ0v) is 11.6. The Kier molecular flexibility index (Phi) is 3.86. The van der Waals surface area contributed by atoms with Crippen molar-refractivity contribution in [2.45, 2.75) is 26.8 Å². The maximum atomic E-state index is 13.8. The largest absolute Gasteiger partial charge is 0.320 e. The van der Waals surface area contributed by atoms with E-state index in [0.717, 1.165) is 28.3 Å². The van der Waals surface area contributed by atoms with Gasteiger partial charge in [0.2, 0.25) is 0 Å². The number of hydrogen-bond acceptors (Lipinski definition) is 1. The highest BCUT2D eigenvalue weighted by atomic mass is 19.2. The third-order valence-electron chi connectivity index (χ3n) is 3.42. The van der Waals surface area contributed by atoms with Crippen molar-refractivity contribution in [3.8, 4) is 0 Å². The fraction of sp³-hybridized carbons (Fsp3) is 0.250. The Morgan fingerprint density at radius 2 is 1.30 bits per heavy atom. The van der Waals surface area contributed by atoms with E-state index < -0.39 is 23.5 Å². The summed E-state index contributed by atoms with van der Waals surface area (Å²) in [6.07, 6.45) is 0. The minimum atomic E-state index is -1.21. The van der Waals surface area contributed by atoms with E-state index in [0.29, 0.717) is 6.07 Å². The summed E-state index contributed by atoms with van der Waals surface area (Å²) >= 11 is 0. The van der Waals surface area contributed by atoms with Crippen LogP contribution in [0, 0.1) is 38.2 Å². The molecular formula is C16H16F3N. The van der Waals surface area contributed by atoms with Gasteiger partial charge in [-0.1, -0.05) is 17.7 Å². The van der Waals surface area contributed by atoms with Crippen molar-refractivity contribution in [1.82, 2.24) is 0 Å². The number of rotatable bonds is 2. The number of aryl methyl sites for hydroxylation is 3. The first kappa shape index (κ1) is 14.6. The maximum absolute atomic E-state index is 13.8. The summed E-state index contributed by atoms with van der Waals surface area (Å²) in [5.41, 5.74) is 9.63. The van der Waals surface area contributed by atoms with Gasteiger partial charge in [0.25, 0.3) is 0 Å².